The van der Waals surface area contributed by atoms with Crippen molar-refractivity contribution in [1.29, 1.82) is 0 Å². The number of benzene rings is 1. The average molecular weight is 259 g/mol. The van der Waals surface area contributed by atoms with Crippen molar-refractivity contribution < 1.29 is 0 Å². The predicted molar refractivity (Wildman–Crippen MR) is 81.0 cm³/mol. The number of rotatable bonds is 2. The molecule has 1 unspecified atom stereocenters. The monoisotopic (exact) mass is 259 g/mol. The van der Waals surface area contributed by atoms with Crippen LogP contribution in [0, 0.1) is 0 Å². The summed E-state index contributed by atoms with van der Waals surface area (Å²) in [6.45, 7) is 4.69. The smallest absolute Gasteiger partial charge is 0.0403 e. The minimum Gasteiger partial charge on any atom is -0.369 e. The zero-order valence-corrected chi connectivity index (χ0v) is 12.2. The van der Waals surface area contributed by atoms with Crippen LogP contribution >= 0.6 is 0 Å². The number of piperazine rings is 1. The average Bonchev–Trinajstić information content (AvgIpc) is 2.47. The van der Waals surface area contributed by atoms with Gasteiger partial charge in [-0.3, -0.25) is 0 Å². The Hall–Kier alpha value is -1.06. The van der Waals surface area contributed by atoms with Gasteiger partial charge in [0.05, 0.1) is 0 Å². The fourth-order valence-electron chi connectivity index (χ4n) is 3.36. The second-order valence-corrected chi connectivity index (χ2v) is 5.93. The molecule has 1 N–H and O–H groups in total. The highest BCUT2D eigenvalue weighted by atomic mass is 15.2. The normalized spacial score (nSPS) is 24.3. The van der Waals surface area contributed by atoms with Crippen LogP contribution in [0.2, 0.25) is 0 Å². The Morgan fingerprint density at radius 2 is 1.95 bits per heavy atom. The Labute approximate surface area is 116 Å². The third kappa shape index (κ3) is 2.63. The van der Waals surface area contributed by atoms with Gasteiger partial charge in [-0.05, 0) is 50.6 Å². The Bertz CT molecular complexity index is 436. The van der Waals surface area contributed by atoms with E-state index in [1.165, 1.54) is 38.0 Å². The molecule has 0 radical (unpaired) electrons. The molecule has 0 spiro atoms. The molecule has 19 heavy (non-hydrogen) atoms. The lowest BCUT2D eigenvalue weighted by Gasteiger charge is -2.37. The topological polar surface area (TPSA) is 18.5 Å². The summed E-state index contributed by atoms with van der Waals surface area (Å²) >= 11 is 0. The SMILES string of the molecule is CNC1CCc2cccc(N3CCN(C)CC3)c2C1. The molecule has 1 aliphatic heterocycles. The van der Waals surface area contributed by atoms with Crippen molar-refractivity contribution in [2.45, 2.75) is 25.3 Å². The van der Waals surface area contributed by atoms with Crippen LogP contribution in [0.3, 0.4) is 0 Å². The molecule has 0 aromatic heterocycles. The van der Waals surface area contributed by atoms with Crippen LogP contribution in [-0.2, 0) is 12.8 Å². The van der Waals surface area contributed by atoms with Crippen LogP contribution in [0.25, 0.3) is 0 Å². The van der Waals surface area contributed by atoms with Gasteiger partial charge < -0.3 is 15.1 Å². The van der Waals surface area contributed by atoms with E-state index in [9.17, 15) is 0 Å². The molecule has 3 heteroatoms. The summed E-state index contributed by atoms with van der Waals surface area (Å²) in [5.41, 5.74) is 4.66. The lowest BCUT2D eigenvalue weighted by molar-refractivity contribution is 0.312. The Morgan fingerprint density at radius 3 is 2.68 bits per heavy atom. The van der Waals surface area contributed by atoms with Gasteiger partial charge in [0.1, 0.15) is 0 Å². The van der Waals surface area contributed by atoms with Crippen molar-refractivity contribution in [1.82, 2.24) is 10.2 Å². The predicted octanol–water partition coefficient (Wildman–Crippen LogP) is 1.52. The first kappa shape index (κ1) is 12.9. The second kappa shape index (κ2) is 5.51. The molecule has 1 heterocycles. The molecule has 1 aromatic carbocycles. The highest BCUT2D eigenvalue weighted by Gasteiger charge is 2.23. The molecule has 0 saturated carbocycles. The molecule has 1 aliphatic carbocycles. The summed E-state index contributed by atoms with van der Waals surface area (Å²) in [5, 5.41) is 3.46. The van der Waals surface area contributed by atoms with E-state index in [2.05, 4.69) is 47.4 Å². The number of fused-ring (bicyclic) bond motifs is 1. The molecule has 3 nitrogen and oxygen atoms in total. The zero-order chi connectivity index (χ0) is 13.2. The number of anilines is 1. The Balaban J connectivity index is 1.86. The molecule has 3 rings (SSSR count). The van der Waals surface area contributed by atoms with Crippen molar-refractivity contribution >= 4 is 5.69 Å². The molecule has 104 valence electrons. The molecule has 2 aliphatic rings. The Kier molecular flexibility index (Phi) is 3.76. The number of hydrogen-bond donors (Lipinski definition) is 1. The van der Waals surface area contributed by atoms with Crippen LogP contribution < -0.4 is 10.2 Å². The number of likely N-dealkylation sites (N-methyl/N-ethyl adjacent to an activating group) is 2. The van der Waals surface area contributed by atoms with E-state index in [-0.39, 0.29) is 0 Å². The largest absolute Gasteiger partial charge is 0.369 e. The quantitative estimate of drug-likeness (QED) is 0.868. The van der Waals surface area contributed by atoms with Gasteiger partial charge in [-0.25, -0.2) is 0 Å². The van der Waals surface area contributed by atoms with Crippen molar-refractivity contribution in [3.8, 4) is 0 Å². The fourth-order valence-corrected chi connectivity index (χ4v) is 3.36. The van der Waals surface area contributed by atoms with Gasteiger partial charge in [-0.2, -0.15) is 0 Å². The van der Waals surface area contributed by atoms with Crippen molar-refractivity contribution in [2.24, 2.45) is 0 Å². The van der Waals surface area contributed by atoms with E-state index in [0.29, 0.717) is 6.04 Å². The number of hydrogen-bond acceptors (Lipinski definition) is 3. The summed E-state index contributed by atoms with van der Waals surface area (Å²) < 4.78 is 0. The first-order valence-corrected chi connectivity index (χ1v) is 7.49. The lowest BCUT2D eigenvalue weighted by Crippen LogP contribution is -2.45. The van der Waals surface area contributed by atoms with Crippen molar-refractivity contribution in [2.75, 3.05) is 45.2 Å². The lowest BCUT2D eigenvalue weighted by atomic mass is 9.87. The molecule has 0 amide bonds. The van der Waals surface area contributed by atoms with Gasteiger partial charge in [-0.15, -0.1) is 0 Å². The summed E-state index contributed by atoms with van der Waals surface area (Å²) in [6.07, 6.45) is 3.69. The van der Waals surface area contributed by atoms with Crippen LogP contribution in [-0.4, -0.2) is 51.2 Å². The summed E-state index contributed by atoms with van der Waals surface area (Å²) in [6, 6.07) is 7.54. The van der Waals surface area contributed by atoms with Gasteiger partial charge in [0.25, 0.3) is 0 Å². The molecule has 1 aromatic rings. The standard InChI is InChI=1S/C16H25N3/c1-17-14-7-6-13-4-3-5-16(15(13)12-14)19-10-8-18(2)9-11-19/h3-5,14,17H,6-12H2,1-2H3. The molecular formula is C16H25N3. The summed E-state index contributed by atoms with van der Waals surface area (Å²) in [4.78, 5) is 5.00. The van der Waals surface area contributed by atoms with Gasteiger partial charge >= 0.3 is 0 Å². The van der Waals surface area contributed by atoms with Crippen LogP contribution in [0.5, 0.6) is 0 Å². The number of nitrogens with one attached hydrogen (secondary N) is 1. The van der Waals surface area contributed by atoms with Gasteiger partial charge in [0, 0.05) is 37.9 Å². The highest BCUT2D eigenvalue weighted by molar-refractivity contribution is 5.58. The van der Waals surface area contributed by atoms with E-state index in [1.54, 1.807) is 11.1 Å². The number of nitrogens with zero attached hydrogens (tertiary/aromatic N) is 2. The maximum Gasteiger partial charge on any atom is 0.0403 e. The highest BCUT2D eigenvalue weighted by Crippen LogP contribution is 2.31. The minimum atomic E-state index is 0.654. The van der Waals surface area contributed by atoms with Crippen LogP contribution in [0.4, 0.5) is 5.69 Å². The van der Waals surface area contributed by atoms with Gasteiger partial charge in [0.2, 0.25) is 0 Å². The maximum atomic E-state index is 3.46. The third-order valence-electron chi connectivity index (χ3n) is 4.71. The molecule has 1 saturated heterocycles. The maximum absolute atomic E-state index is 3.46. The van der Waals surface area contributed by atoms with E-state index < -0.39 is 0 Å². The molecule has 0 bridgehead atoms. The van der Waals surface area contributed by atoms with Crippen molar-refractivity contribution in [3.05, 3.63) is 29.3 Å². The second-order valence-electron chi connectivity index (χ2n) is 5.93. The van der Waals surface area contributed by atoms with Gasteiger partial charge in [-0.1, -0.05) is 12.1 Å². The van der Waals surface area contributed by atoms with Crippen molar-refractivity contribution in [3.63, 3.8) is 0 Å². The van der Waals surface area contributed by atoms with E-state index in [4.69, 9.17) is 0 Å². The zero-order valence-electron chi connectivity index (χ0n) is 12.2. The summed E-state index contributed by atoms with van der Waals surface area (Å²) in [5.74, 6) is 0. The fraction of sp³-hybridized carbons (Fsp3) is 0.625. The van der Waals surface area contributed by atoms with E-state index >= 15 is 0 Å². The van der Waals surface area contributed by atoms with Gasteiger partial charge in [0.15, 0.2) is 0 Å². The third-order valence-corrected chi connectivity index (χ3v) is 4.71. The first-order valence-electron chi connectivity index (χ1n) is 7.49. The minimum absolute atomic E-state index is 0.654. The molecule has 1 atom stereocenters. The van der Waals surface area contributed by atoms with E-state index in [0.717, 1.165) is 13.1 Å². The van der Waals surface area contributed by atoms with E-state index in [1.807, 2.05) is 0 Å². The summed E-state index contributed by atoms with van der Waals surface area (Å²) in [7, 11) is 4.31. The first-order chi connectivity index (χ1) is 9.28. The van der Waals surface area contributed by atoms with Crippen LogP contribution in [0.15, 0.2) is 18.2 Å². The Morgan fingerprint density at radius 1 is 1.16 bits per heavy atom. The molecular weight excluding hydrogens is 234 g/mol. The van der Waals surface area contributed by atoms with Crippen LogP contribution in [0.1, 0.15) is 17.5 Å². The molecule has 1 fully saturated rings. The number of aryl methyl sites for hydroxylation is 1.